The number of nitrogens with one attached hydrogen (secondary N) is 2. The van der Waals surface area contributed by atoms with E-state index in [4.69, 9.17) is 0 Å². The number of carbonyl (C=O) groups excluding carboxylic acids is 2. The Morgan fingerprint density at radius 1 is 1.04 bits per heavy atom. The smallest absolute Gasteiger partial charge is 0.321 e. The van der Waals surface area contributed by atoms with Crippen LogP contribution in [0.1, 0.15) is 24.0 Å². The van der Waals surface area contributed by atoms with Crippen molar-refractivity contribution >= 4 is 17.6 Å². The first kappa shape index (κ1) is 18.0. The molecule has 1 aliphatic heterocycles. The van der Waals surface area contributed by atoms with E-state index < -0.39 is 0 Å². The quantitative estimate of drug-likeness (QED) is 0.885. The van der Waals surface area contributed by atoms with E-state index >= 15 is 0 Å². The first-order valence-corrected chi connectivity index (χ1v) is 9.06. The van der Waals surface area contributed by atoms with Crippen molar-refractivity contribution in [3.8, 4) is 0 Å². The highest BCUT2D eigenvalue weighted by atomic mass is 16.2. The fourth-order valence-corrected chi connectivity index (χ4v) is 3.20. The summed E-state index contributed by atoms with van der Waals surface area (Å²) in [7, 11) is 0. The number of benzene rings is 2. The largest absolute Gasteiger partial charge is 0.352 e. The fraction of sp³-hybridized carbons (Fsp3) is 0.333. The molecule has 2 aromatic rings. The second kappa shape index (κ2) is 8.52. The summed E-state index contributed by atoms with van der Waals surface area (Å²) in [6.45, 7) is 3.74. The molecule has 5 heteroatoms. The van der Waals surface area contributed by atoms with E-state index in [0.29, 0.717) is 32.5 Å². The van der Waals surface area contributed by atoms with Crippen LogP contribution in [0.2, 0.25) is 0 Å². The molecule has 136 valence electrons. The molecule has 0 aromatic heterocycles. The molecule has 0 atom stereocenters. The Kier molecular flexibility index (Phi) is 5.89. The number of urea groups is 1. The minimum absolute atomic E-state index is 0.0262. The van der Waals surface area contributed by atoms with Crippen LogP contribution in [0.3, 0.4) is 0 Å². The Morgan fingerprint density at radius 3 is 2.46 bits per heavy atom. The van der Waals surface area contributed by atoms with Crippen LogP contribution in [-0.2, 0) is 11.3 Å². The molecule has 1 fully saturated rings. The molecule has 5 nitrogen and oxygen atoms in total. The molecule has 2 N–H and O–H groups in total. The number of anilines is 1. The van der Waals surface area contributed by atoms with E-state index in [1.54, 1.807) is 4.90 Å². The lowest BCUT2D eigenvalue weighted by Gasteiger charge is -2.31. The normalized spacial score (nSPS) is 14.7. The van der Waals surface area contributed by atoms with Gasteiger partial charge in [-0.25, -0.2) is 4.79 Å². The molecule has 0 spiro atoms. The van der Waals surface area contributed by atoms with Gasteiger partial charge >= 0.3 is 6.03 Å². The van der Waals surface area contributed by atoms with Crippen LogP contribution in [0.15, 0.2) is 54.6 Å². The van der Waals surface area contributed by atoms with E-state index in [0.717, 1.165) is 16.8 Å². The lowest BCUT2D eigenvalue weighted by Crippen LogP contribution is -2.44. The third-order valence-electron chi connectivity index (χ3n) is 4.73. The molecular formula is C21H25N3O2. The average Bonchev–Trinajstić information content (AvgIpc) is 2.67. The third-order valence-corrected chi connectivity index (χ3v) is 4.73. The predicted molar refractivity (Wildman–Crippen MR) is 103 cm³/mol. The van der Waals surface area contributed by atoms with Gasteiger partial charge in [0.1, 0.15) is 0 Å². The van der Waals surface area contributed by atoms with Gasteiger partial charge in [0, 0.05) is 31.2 Å². The van der Waals surface area contributed by atoms with Gasteiger partial charge in [0.15, 0.2) is 0 Å². The number of hydrogen-bond donors (Lipinski definition) is 2. The molecule has 0 radical (unpaired) electrons. The summed E-state index contributed by atoms with van der Waals surface area (Å²) in [5.74, 6) is 0.0503. The highest BCUT2D eigenvalue weighted by Gasteiger charge is 2.27. The van der Waals surface area contributed by atoms with Gasteiger partial charge in [0.05, 0.1) is 0 Å². The lowest BCUT2D eigenvalue weighted by molar-refractivity contribution is -0.126. The van der Waals surface area contributed by atoms with Gasteiger partial charge < -0.3 is 15.5 Å². The predicted octanol–water partition coefficient (Wildman–Crippen LogP) is 3.56. The van der Waals surface area contributed by atoms with Crippen molar-refractivity contribution < 1.29 is 9.59 Å². The van der Waals surface area contributed by atoms with Crippen LogP contribution >= 0.6 is 0 Å². The fourth-order valence-electron chi connectivity index (χ4n) is 3.20. The topological polar surface area (TPSA) is 61.4 Å². The Balaban J connectivity index is 1.44. The molecule has 3 rings (SSSR count). The Morgan fingerprint density at radius 2 is 1.77 bits per heavy atom. The van der Waals surface area contributed by atoms with Gasteiger partial charge in [-0.1, -0.05) is 42.5 Å². The van der Waals surface area contributed by atoms with Gasteiger partial charge in [0.25, 0.3) is 0 Å². The molecule has 2 aromatic carbocycles. The number of aryl methyl sites for hydroxylation is 1. The number of rotatable bonds is 4. The number of likely N-dealkylation sites (tertiary alicyclic amines) is 1. The van der Waals surface area contributed by atoms with E-state index in [-0.39, 0.29) is 17.9 Å². The van der Waals surface area contributed by atoms with Crippen LogP contribution < -0.4 is 10.6 Å². The highest BCUT2D eigenvalue weighted by Crippen LogP contribution is 2.19. The van der Waals surface area contributed by atoms with Crippen molar-refractivity contribution in [3.63, 3.8) is 0 Å². The summed E-state index contributed by atoms with van der Waals surface area (Å²) < 4.78 is 0. The molecule has 1 heterocycles. The minimum atomic E-state index is -0.0984. The maximum Gasteiger partial charge on any atom is 0.321 e. The summed E-state index contributed by atoms with van der Waals surface area (Å²) in [6.07, 6.45) is 1.39. The van der Waals surface area contributed by atoms with Crippen LogP contribution in [0.25, 0.3) is 0 Å². The summed E-state index contributed by atoms with van der Waals surface area (Å²) in [6, 6.07) is 17.5. The number of carbonyl (C=O) groups is 2. The zero-order valence-electron chi connectivity index (χ0n) is 15.1. The first-order chi connectivity index (χ1) is 12.6. The Bertz CT molecular complexity index is 753. The monoisotopic (exact) mass is 351 g/mol. The SMILES string of the molecule is Cc1cccc(NC(=O)N2CCC(C(=O)NCc3ccccc3)CC2)c1. The molecule has 0 aliphatic carbocycles. The second-order valence-corrected chi connectivity index (χ2v) is 6.76. The van der Waals surface area contributed by atoms with Crippen molar-refractivity contribution in [3.05, 3.63) is 65.7 Å². The average molecular weight is 351 g/mol. The van der Waals surface area contributed by atoms with Crippen molar-refractivity contribution in [1.29, 1.82) is 0 Å². The number of amides is 3. The minimum Gasteiger partial charge on any atom is -0.352 e. The van der Waals surface area contributed by atoms with Crippen molar-refractivity contribution in [1.82, 2.24) is 10.2 Å². The van der Waals surface area contributed by atoms with Gasteiger partial charge in [0.2, 0.25) is 5.91 Å². The summed E-state index contributed by atoms with van der Waals surface area (Å²) >= 11 is 0. The summed E-state index contributed by atoms with van der Waals surface area (Å²) in [4.78, 5) is 26.5. The van der Waals surface area contributed by atoms with Crippen LogP contribution in [0.5, 0.6) is 0 Å². The van der Waals surface area contributed by atoms with E-state index in [9.17, 15) is 9.59 Å². The maximum atomic E-state index is 12.4. The van der Waals surface area contributed by atoms with Crippen molar-refractivity contribution in [2.45, 2.75) is 26.3 Å². The zero-order chi connectivity index (χ0) is 18.4. The molecule has 1 saturated heterocycles. The van der Waals surface area contributed by atoms with Crippen LogP contribution in [0.4, 0.5) is 10.5 Å². The van der Waals surface area contributed by atoms with E-state index in [1.165, 1.54) is 0 Å². The molecular weight excluding hydrogens is 326 g/mol. The Labute approximate surface area is 154 Å². The lowest BCUT2D eigenvalue weighted by atomic mass is 9.96. The van der Waals surface area contributed by atoms with Crippen molar-refractivity contribution in [2.24, 2.45) is 5.92 Å². The van der Waals surface area contributed by atoms with Crippen LogP contribution in [0, 0.1) is 12.8 Å². The molecule has 26 heavy (non-hydrogen) atoms. The molecule has 3 amide bonds. The molecule has 1 aliphatic rings. The number of hydrogen-bond acceptors (Lipinski definition) is 2. The van der Waals surface area contributed by atoms with Gasteiger partial charge in [-0.3, -0.25) is 4.79 Å². The number of nitrogens with zero attached hydrogens (tertiary/aromatic N) is 1. The molecule has 0 saturated carbocycles. The standard InChI is InChI=1S/C21H25N3O2/c1-16-6-5-9-19(14-16)23-21(26)24-12-10-18(11-13-24)20(25)22-15-17-7-3-2-4-8-17/h2-9,14,18H,10-13,15H2,1H3,(H,22,25)(H,23,26). The zero-order valence-corrected chi connectivity index (χ0v) is 15.1. The van der Waals surface area contributed by atoms with E-state index in [1.807, 2.05) is 61.5 Å². The maximum absolute atomic E-state index is 12.4. The first-order valence-electron chi connectivity index (χ1n) is 9.06. The van der Waals surface area contributed by atoms with Crippen molar-refractivity contribution in [2.75, 3.05) is 18.4 Å². The van der Waals surface area contributed by atoms with Gasteiger partial charge in [-0.2, -0.15) is 0 Å². The van der Waals surface area contributed by atoms with E-state index in [2.05, 4.69) is 10.6 Å². The third kappa shape index (κ3) is 4.85. The highest BCUT2D eigenvalue weighted by molar-refractivity contribution is 5.89. The van der Waals surface area contributed by atoms with Crippen LogP contribution in [-0.4, -0.2) is 29.9 Å². The summed E-state index contributed by atoms with van der Waals surface area (Å²) in [5, 5.41) is 5.93. The number of piperidine rings is 1. The molecule has 0 bridgehead atoms. The van der Waals surface area contributed by atoms with Gasteiger partial charge in [-0.05, 0) is 43.0 Å². The molecule has 0 unspecified atom stereocenters. The van der Waals surface area contributed by atoms with Gasteiger partial charge in [-0.15, -0.1) is 0 Å². The summed E-state index contributed by atoms with van der Waals surface area (Å²) in [5.41, 5.74) is 3.00. The Hall–Kier alpha value is -2.82. The second-order valence-electron chi connectivity index (χ2n) is 6.76.